The van der Waals surface area contributed by atoms with Crippen LogP contribution in [0.2, 0.25) is 0 Å². The predicted octanol–water partition coefficient (Wildman–Crippen LogP) is 10.2. The quantitative estimate of drug-likeness (QED) is 0.0363. The van der Waals surface area contributed by atoms with Gasteiger partial charge in [0.25, 0.3) is 0 Å². The number of unbranched alkanes of at least 4 members (excludes halogenated alkanes) is 11. The van der Waals surface area contributed by atoms with Crippen molar-refractivity contribution in [2.24, 2.45) is 5.73 Å². The van der Waals surface area contributed by atoms with Gasteiger partial charge < -0.3 is 20.9 Å². The summed E-state index contributed by atoms with van der Waals surface area (Å²) in [6.45, 7) is 4.74. The summed E-state index contributed by atoms with van der Waals surface area (Å²) in [5, 5.41) is 11.9. The molecule has 2 atom stereocenters. The molecule has 0 heterocycles. The summed E-state index contributed by atoms with van der Waals surface area (Å²) in [7, 11) is 0. The van der Waals surface area contributed by atoms with E-state index in [4.69, 9.17) is 10.5 Å². The number of aliphatic carboxylic acids is 1. The predicted molar refractivity (Wildman–Crippen MR) is 202 cm³/mol. The van der Waals surface area contributed by atoms with Crippen molar-refractivity contribution in [3.63, 3.8) is 0 Å². The van der Waals surface area contributed by atoms with Crippen molar-refractivity contribution >= 4 is 17.8 Å². The molecule has 1 amide bonds. The van der Waals surface area contributed by atoms with Gasteiger partial charge in [-0.25, -0.2) is 4.79 Å². The number of amides is 1. The van der Waals surface area contributed by atoms with Crippen LogP contribution in [0.15, 0.2) is 60.8 Å². The summed E-state index contributed by atoms with van der Waals surface area (Å²) in [4.78, 5) is 36.1. The summed E-state index contributed by atoms with van der Waals surface area (Å²) < 4.78 is 5.89. The lowest BCUT2D eigenvalue weighted by Crippen LogP contribution is -2.40. The fourth-order valence-corrected chi connectivity index (χ4v) is 5.18. The molecule has 0 rings (SSSR count). The summed E-state index contributed by atoms with van der Waals surface area (Å²) in [5.74, 6) is -1.32. The van der Waals surface area contributed by atoms with Gasteiger partial charge in [0.2, 0.25) is 5.91 Å². The maximum absolute atomic E-state index is 12.6. The molecule has 2 unspecified atom stereocenters. The van der Waals surface area contributed by atoms with Crippen LogP contribution >= 0.6 is 0 Å². The monoisotopic (exact) mass is 671 g/mol. The number of esters is 1. The van der Waals surface area contributed by atoms with E-state index in [-0.39, 0.29) is 18.0 Å². The van der Waals surface area contributed by atoms with Crippen LogP contribution < -0.4 is 11.1 Å². The Kier molecular flexibility index (Phi) is 33.2. The van der Waals surface area contributed by atoms with E-state index in [1.807, 2.05) is 6.08 Å². The number of hydrogen-bond acceptors (Lipinski definition) is 5. The number of carboxylic acid groups (broad SMARTS) is 1. The highest BCUT2D eigenvalue weighted by Gasteiger charge is 2.18. The summed E-state index contributed by atoms with van der Waals surface area (Å²) in [6.07, 6.45) is 42.8. The number of nitrogens with one attached hydrogen (secondary N) is 1. The number of allylic oxidation sites excluding steroid dienone is 9. The second-order valence-electron chi connectivity index (χ2n) is 12.6. The number of rotatable bonds is 33. The van der Waals surface area contributed by atoms with Gasteiger partial charge in [-0.2, -0.15) is 0 Å². The average molecular weight is 671 g/mol. The molecule has 7 heteroatoms. The van der Waals surface area contributed by atoms with Gasteiger partial charge in [0, 0.05) is 12.8 Å². The van der Waals surface area contributed by atoms with Crippen molar-refractivity contribution in [3.05, 3.63) is 60.8 Å². The molecule has 4 N–H and O–H groups in total. The summed E-state index contributed by atoms with van der Waals surface area (Å²) >= 11 is 0. The molecule has 0 fully saturated rings. The maximum Gasteiger partial charge on any atom is 0.326 e. The molecule has 48 heavy (non-hydrogen) atoms. The van der Waals surface area contributed by atoms with Crippen LogP contribution in [0.1, 0.15) is 162 Å². The SMILES string of the molecule is CC/C=C\C/C=C\C/C=C\C(CCCCCCCCC(=O)NC(CCCN)C(=O)O)OC(=O)CCCCCCC/C=C\C/C=C\CCC. The van der Waals surface area contributed by atoms with E-state index in [2.05, 4.69) is 73.8 Å². The molecule has 0 aliphatic carbocycles. The van der Waals surface area contributed by atoms with Gasteiger partial charge in [0.15, 0.2) is 0 Å². The molecule has 0 saturated carbocycles. The molecule has 0 aromatic carbocycles. The first kappa shape index (κ1) is 45.1. The zero-order valence-electron chi connectivity index (χ0n) is 30.6. The molecule has 0 aromatic rings. The van der Waals surface area contributed by atoms with Crippen molar-refractivity contribution in [3.8, 4) is 0 Å². The minimum Gasteiger partial charge on any atom is -0.480 e. The van der Waals surface area contributed by atoms with Crippen LogP contribution in [0.5, 0.6) is 0 Å². The molecule has 0 spiro atoms. The number of carbonyl (C=O) groups excluding carboxylic acids is 2. The Morgan fingerprint density at radius 1 is 0.646 bits per heavy atom. The van der Waals surface area contributed by atoms with Gasteiger partial charge in [-0.05, 0) is 96.1 Å². The first-order chi connectivity index (χ1) is 23.4. The highest BCUT2D eigenvalue weighted by Crippen LogP contribution is 2.15. The number of hydrogen-bond donors (Lipinski definition) is 3. The molecule has 0 bridgehead atoms. The molecular formula is C41H70N2O5. The van der Waals surface area contributed by atoms with Crippen LogP contribution in [0, 0.1) is 0 Å². The van der Waals surface area contributed by atoms with Gasteiger partial charge in [0.05, 0.1) is 0 Å². The Labute approximate surface area is 293 Å². The largest absolute Gasteiger partial charge is 0.480 e. The average Bonchev–Trinajstić information content (AvgIpc) is 3.07. The van der Waals surface area contributed by atoms with Crippen molar-refractivity contribution < 1.29 is 24.2 Å². The van der Waals surface area contributed by atoms with Crippen molar-refractivity contribution in [1.29, 1.82) is 0 Å². The van der Waals surface area contributed by atoms with Crippen LogP contribution in [0.25, 0.3) is 0 Å². The highest BCUT2D eigenvalue weighted by molar-refractivity contribution is 5.83. The van der Waals surface area contributed by atoms with Crippen molar-refractivity contribution in [2.75, 3.05) is 6.54 Å². The van der Waals surface area contributed by atoms with Gasteiger partial charge >= 0.3 is 11.9 Å². The Morgan fingerprint density at radius 3 is 1.85 bits per heavy atom. The highest BCUT2D eigenvalue weighted by atomic mass is 16.5. The Hall–Kier alpha value is -2.93. The first-order valence-electron chi connectivity index (χ1n) is 19.1. The van der Waals surface area contributed by atoms with Crippen molar-refractivity contribution in [2.45, 2.75) is 174 Å². The Balaban J connectivity index is 4.36. The molecule has 0 aliphatic rings. The lowest BCUT2D eigenvalue weighted by Gasteiger charge is -2.15. The van der Waals surface area contributed by atoms with E-state index in [9.17, 15) is 19.5 Å². The van der Waals surface area contributed by atoms with Crippen LogP contribution in [0.4, 0.5) is 0 Å². The third-order valence-electron chi connectivity index (χ3n) is 8.03. The second kappa shape index (κ2) is 35.4. The van der Waals surface area contributed by atoms with E-state index in [0.717, 1.165) is 103 Å². The van der Waals surface area contributed by atoms with E-state index in [1.54, 1.807) is 0 Å². The van der Waals surface area contributed by atoms with Crippen LogP contribution in [-0.2, 0) is 19.1 Å². The van der Waals surface area contributed by atoms with Gasteiger partial charge in [-0.1, -0.05) is 120 Å². The topological polar surface area (TPSA) is 119 Å². The minimum atomic E-state index is -1.01. The van der Waals surface area contributed by atoms with Crippen LogP contribution in [-0.4, -0.2) is 41.6 Å². The smallest absolute Gasteiger partial charge is 0.326 e. The molecule has 274 valence electrons. The summed E-state index contributed by atoms with van der Waals surface area (Å²) in [5.41, 5.74) is 5.46. The number of nitrogens with two attached hydrogens (primary N) is 1. The lowest BCUT2D eigenvalue weighted by atomic mass is 10.0. The standard InChI is InChI=1S/C41H70N2O5/c1-3-5-7-9-11-13-14-15-16-17-19-25-29-35-40(45)48-37(31-26-22-18-12-10-8-6-4-2)32-27-23-20-21-24-28-34-39(44)43-38(41(46)47)33-30-36-42/h6-9,12-14,18,26,31,37-38H,3-5,10-11,15-17,19-25,27-30,32-36,42H2,1-2H3,(H,43,44)(H,46,47)/b8-6-,9-7-,14-13-,18-12-,31-26-. The van der Waals surface area contributed by atoms with Gasteiger partial charge in [-0.15, -0.1) is 0 Å². The first-order valence-corrected chi connectivity index (χ1v) is 19.1. The molecule has 0 aromatic heterocycles. The third kappa shape index (κ3) is 31.7. The zero-order valence-corrected chi connectivity index (χ0v) is 30.6. The Bertz CT molecular complexity index is 937. The zero-order chi connectivity index (χ0) is 35.3. The number of carbonyl (C=O) groups is 3. The fraction of sp³-hybridized carbons (Fsp3) is 0.683. The molecule has 0 radical (unpaired) electrons. The maximum atomic E-state index is 12.6. The molecule has 0 aliphatic heterocycles. The van der Waals surface area contributed by atoms with E-state index < -0.39 is 12.0 Å². The number of ether oxygens (including phenoxy) is 1. The normalized spacial score (nSPS) is 13.4. The third-order valence-corrected chi connectivity index (χ3v) is 8.03. The molecule has 0 saturated heterocycles. The van der Waals surface area contributed by atoms with E-state index in [1.165, 1.54) is 19.3 Å². The van der Waals surface area contributed by atoms with E-state index >= 15 is 0 Å². The lowest BCUT2D eigenvalue weighted by molar-refractivity contribution is -0.147. The van der Waals surface area contributed by atoms with Gasteiger partial charge in [-0.3, -0.25) is 9.59 Å². The summed E-state index contributed by atoms with van der Waals surface area (Å²) in [6, 6.07) is -0.860. The van der Waals surface area contributed by atoms with E-state index in [0.29, 0.717) is 32.2 Å². The molecule has 7 nitrogen and oxygen atoms in total. The second-order valence-corrected chi connectivity index (χ2v) is 12.6. The fourth-order valence-electron chi connectivity index (χ4n) is 5.18. The van der Waals surface area contributed by atoms with Crippen LogP contribution in [0.3, 0.4) is 0 Å². The Morgan fingerprint density at radius 2 is 1.21 bits per heavy atom. The van der Waals surface area contributed by atoms with Gasteiger partial charge in [0.1, 0.15) is 12.1 Å². The van der Waals surface area contributed by atoms with Crippen molar-refractivity contribution in [1.82, 2.24) is 5.32 Å². The minimum absolute atomic E-state index is 0.101. The molecular weight excluding hydrogens is 600 g/mol. The number of carboxylic acids is 1.